The van der Waals surface area contributed by atoms with Gasteiger partial charge >= 0.3 is 0 Å². The molecule has 0 bridgehead atoms. The Kier molecular flexibility index (Phi) is 4.99. The number of hydrogen-bond acceptors (Lipinski definition) is 7. The molecule has 0 aliphatic carbocycles. The van der Waals surface area contributed by atoms with Gasteiger partial charge in [-0.1, -0.05) is 29.4 Å². The van der Waals surface area contributed by atoms with Crippen LogP contribution in [0.1, 0.15) is 18.2 Å². The SMILES string of the molecule is CCc1ccc(-n2nnc(-c3nc(-c4ccc(OC)c(OC)c4)no3)c2C)cc1. The van der Waals surface area contributed by atoms with E-state index in [1.807, 2.05) is 25.1 Å². The standard InChI is InChI=1S/C21H21N5O3/c1-5-14-6-9-16(10-7-14)26-13(2)19(23-25-26)21-22-20(24-29-21)15-8-11-17(27-3)18(12-15)28-4/h6-12H,5H2,1-4H3. The second-order valence-electron chi connectivity index (χ2n) is 6.45. The fraction of sp³-hybridized carbons (Fsp3) is 0.238. The van der Waals surface area contributed by atoms with Crippen LogP contribution in [0.15, 0.2) is 47.0 Å². The zero-order chi connectivity index (χ0) is 20.4. The van der Waals surface area contributed by atoms with E-state index < -0.39 is 0 Å². The number of benzene rings is 2. The molecule has 0 saturated carbocycles. The van der Waals surface area contributed by atoms with Gasteiger partial charge in [-0.3, -0.25) is 0 Å². The fourth-order valence-corrected chi connectivity index (χ4v) is 3.06. The van der Waals surface area contributed by atoms with Gasteiger partial charge in [0, 0.05) is 5.56 Å². The fourth-order valence-electron chi connectivity index (χ4n) is 3.06. The van der Waals surface area contributed by atoms with Crippen molar-refractivity contribution in [1.82, 2.24) is 25.1 Å². The number of nitrogens with zero attached hydrogens (tertiary/aromatic N) is 5. The van der Waals surface area contributed by atoms with E-state index in [9.17, 15) is 0 Å². The van der Waals surface area contributed by atoms with Crippen LogP contribution in [0.3, 0.4) is 0 Å². The lowest BCUT2D eigenvalue weighted by Crippen LogP contribution is -1.99. The van der Waals surface area contributed by atoms with Gasteiger partial charge < -0.3 is 14.0 Å². The van der Waals surface area contributed by atoms with Crippen LogP contribution in [0.2, 0.25) is 0 Å². The van der Waals surface area contributed by atoms with E-state index in [1.165, 1.54) is 5.56 Å². The van der Waals surface area contributed by atoms with Crippen molar-refractivity contribution in [2.24, 2.45) is 0 Å². The van der Waals surface area contributed by atoms with Crippen molar-refractivity contribution in [3.8, 4) is 40.2 Å². The third-order valence-corrected chi connectivity index (χ3v) is 4.75. The lowest BCUT2D eigenvalue weighted by molar-refractivity contribution is 0.355. The molecule has 2 aromatic heterocycles. The lowest BCUT2D eigenvalue weighted by Gasteiger charge is -2.07. The van der Waals surface area contributed by atoms with Crippen LogP contribution in [0, 0.1) is 6.92 Å². The van der Waals surface area contributed by atoms with Crippen LogP contribution in [0.4, 0.5) is 0 Å². The number of aryl methyl sites for hydroxylation is 1. The molecule has 8 heteroatoms. The highest BCUT2D eigenvalue weighted by Crippen LogP contribution is 2.32. The van der Waals surface area contributed by atoms with Gasteiger partial charge in [0.05, 0.1) is 25.6 Å². The normalized spacial score (nSPS) is 10.9. The summed E-state index contributed by atoms with van der Waals surface area (Å²) in [6.07, 6.45) is 0.989. The zero-order valence-electron chi connectivity index (χ0n) is 16.7. The maximum atomic E-state index is 5.45. The first-order valence-corrected chi connectivity index (χ1v) is 9.22. The topological polar surface area (TPSA) is 88.1 Å². The summed E-state index contributed by atoms with van der Waals surface area (Å²) in [7, 11) is 3.17. The van der Waals surface area contributed by atoms with Crippen molar-refractivity contribution in [2.45, 2.75) is 20.3 Å². The van der Waals surface area contributed by atoms with Crippen LogP contribution in [0.25, 0.3) is 28.7 Å². The maximum absolute atomic E-state index is 5.45. The predicted octanol–water partition coefficient (Wildman–Crippen LogP) is 3.87. The third kappa shape index (κ3) is 3.44. The van der Waals surface area contributed by atoms with Gasteiger partial charge in [-0.25, -0.2) is 4.68 Å². The van der Waals surface area contributed by atoms with E-state index in [-0.39, 0.29) is 0 Å². The Bertz CT molecular complexity index is 1130. The first kappa shape index (κ1) is 18.7. The molecule has 2 heterocycles. The molecule has 0 aliphatic rings. The van der Waals surface area contributed by atoms with E-state index in [1.54, 1.807) is 31.0 Å². The van der Waals surface area contributed by atoms with E-state index in [4.69, 9.17) is 14.0 Å². The van der Waals surface area contributed by atoms with Crippen molar-refractivity contribution < 1.29 is 14.0 Å². The Morgan fingerprint density at radius 2 is 1.76 bits per heavy atom. The van der Waals surface area contributed by atoms with Crippen LogP contribution < -0.4 is 9.47 Å². The van der Waals surface area contributed by atoms with Crippen LogP contribution in [0.5, 0.6) is 11.5 Å². The summed E-state index contributed by atoms with van der Waals surface area (Å²) < 4.78 is 17.8. The summed E-state index contributed by atoms with van der Waals surface area (Å²) in [5.41, 5.74) is 4.31. The van der Waals surface area contributed by atoms with Crippen molar-refractivity contribution in [2.75, 3.05) is 14.2 Å². The van der Waals surface area contributed by atoms with Gasteiger partial charge in [0.25, 0.3) is 5.89 Å². The van der Waals surface area contributed by atoms with Crippen molar-refractivity contribution in [3.05, 3.63) is 53.7 Å². The molecule has 8 nitrogen and oxygen atoms in total. The molecule has 4 rings (SSSR count). The average Bonchev–Trinajstić information content (AvgIpc) is 3.40. The molecule has 0 unspecified atom stereocenters. The van der Waals surface area contributed by atoms with Gasteiger partial charge in [0.1, 0.15) is 0 Å². The second kappa shape index (κ2) is 7.75. The molecule has 0 atom stereocenters. The quantitative estimate of drug-likeness (QED) is 0.493. The average molecular weight is 391 g/mol. The Morgan fingerprint density at radius 1 is 1.00 bits per heavy atom. The highest BCUT2D eigenvalue weighted by atomic mass is 16.5. The monoisotopic (exact) mass is 391 g/mol. The van der Waals surface area contributed by atoms with Gasteiger partial charge in [-0.05, 0) is 49.2 Å². The molecule has 0 saturated heterocycles. The van der Waals surface area contributed by atoms with E-state index >= 15 is 0 Å². The lowest BCUT2D eigenvalue weighted by atomic mass is 10.1. The molecule has 0 fully saturated rings. The Balaban J connectivity index is 1.66. The molecule has 0 radical (unpaired) electrons. The summed E-state index contributed by atoms with van der Waals surface area (Å²) in [6.45, 7) is 4.04. The van der Waals surface area contributed by atoms with Crippen LogP contribution in [-0.4, -0.2) is 39.4 Å². The molecule has 148 valence electrons. The summed E-state index contributed by atoms with van der Waals surface area (Å²) in [4.78, 5) is 4.49. The number of methoxy groups -OCH3 is 2. The minimum Gasteiger partial charge on any atom is -0.493 e. The van der Waals surface area contributed by atoms with E-state index in [0.29, 0.717) is 28.9 Å². The summed E-state index contributed by atoms with van der Waals surface area (Å²) >= 11 is 0. The molecular formula is C21H21N5O3. The number of rotatable bonds is 6. The van der Waals surface area contributed by atoms with Gasteiger partial charge in [-0.2, -0.15) is 4.98 Å². The van der Waals surface area contributed by atoms with Gasteiger partial charge in [-0.15, -0.1) is 5.10 Å². The van der Waals surface area contributed by atoms with Crippen molar-refractivity contribution >= 4 is 0 Å². The van der Waals surface area contributed by atoms with Crippen LogP contribution >= 0.6 is 0 Å². The summed E-state index contributed by atoms with van der Waals surface area (Å²) in [5, 5.41) is 12.6. The molecule has 2 aromatic carbocycles. The minimum atomic E-state index is 0.309. The number of ether oxygens (including phenoxy) is 2. The molecule has 0 spiro atoms. The Hall–Kier alpha value is -3.68. The predicted molar refractivity (Wildman–Crippen MR) is 107 cm³/mol. The molecule has 0 aliphatic heterocycles. The molecule has 0 amide bonds. The number of hydrogen-bond donors (Lipinski definition) is 0. The third-order valence-electron chi connectivity index (χ3n) is 4.75. The Morgan fingerprint density at radius 3 is 2.45 bits per heavy atom. The maximum Gasteiger partial charge on any atom is 0.280 e. The van der Waals surface area contributed by atoms with Gasteiger partial charge in [0.2, 0.25) is 5.82 Å². The first-order valence-electron chi connectivity index (χ1n) is 9.22. The van der Waals surface area contributed by atoms with Crippen molar-refractivity contribution in [3.63, 3.8) is 0 Å². The minimum absolute atomic E-state index is 0.309. The van der Waals surface area contributed by atoms with Crippen molar-refractivity contribution in [1.29, 1.82) is 0 Å². The zero-order valence-corrected chi connectivity index (χ0v) is 16.7. The molecule has 29 heavy (non-hydrogen) atoms. The summed E-state index contributed by atoms with van der Waals surface area (Å²) in [6, 6.07) is 13.6. The van der Waals surface area contributed by atoms with Crippen LogP contribution in [-0.2, 0) is 6.42 Å². The summed E-state index contributed by atoms with van der Waals surface area (Å²) in [5.74, 6) is 1.97. The van der Waals surface area contributed by atoms with Gasteiger partial charge in [0.15, 0.2) is 17.2 Å². The molecule has 0 N–H and O–H groups in total. The highest BCUT2D eigenvalue weighted by Gasteiger charge is 2.19. The Labute approximate surface area is 168 Å². The number of aromatic nitrogens is 5. The second-order valence-corrected chi connectivity index (χ2v) is 6.45. The molecular weight excluding hydrogens is 370 g/mol. The smallest absolute Gasteiger partial charge is 0.280 e. The highest BCUT2D eigenvalue weighted by molar-refractivity contribution is 5.63. The molecule has 4 aromatic rings. The van der Waals surface area contributed by atoms with E-state index in [2.05, 4.69) is 39.5 Å². The van der Waals surface area contributed by atoms with E-state index in [0.717, 1.165) is 23.4 Å². The largest absolute Gasteiger partial charge is 0.493 e. The first-order chi connectivity index (χ1) is 14.1.